The van der Waals surface area contributed by atoms with Crippen molar-refractivity contribution < 1.29 is 4.79 Å². The highest BCUT2D eigenvalue weighted by atomic mass is 16.1. The number of hydrogen-bond donors (Lipinski definition) is 1. The zero-order valence-corrected chi connectivity index (χ0v) is 13.3. The summed E-state index contributed by atoms with van der Waals surface area (Å²) < 4.78 is 0. The largest absolute Gasteiger partial charge is 0.330 e. The number of nitrogens with zero attached hydrogens (tertiary/aromatic N) is 1. The van der Waals surface area contributed by atoms with Crippen LogP contribution in [0.25, 0.3) is 0 Å². The van der Waals surface area contributed by atoms with Gasteiger partial charge in [-0.1, -0.05) is 60.7 Å². The summed E-state index contributed by atoms with van der Waals surface area (Å²) in [4.78, 5) is 15.2. The summed E-state index contributed by atoms with van der Waals surface area (Å²) in [6.07, 6.45) is 1.29. The maximum atomic E-state index is 13.2. The molecule has 0 saturated heterocycles. The molecule has 0 spiro atoms. The van der Waals surface area contributed by atoms with Crippen molar-refractivity contribution >= 4 is 5.78 Å². The third kappa shape index (κ3) is 3.43. The van der Waals surface area contributed by atoms with Gasteiger partial charge in [-0.25, -0.2) is 0 Å². The van der Waals surface area contributed by atoms with Crippen LogP contribution in [0.1, 0.15) is 22.3 Å². The Bertz CT molecular complexity index is 595. The second kappa shape index (κ2) is 7.34. The van der Waals surface area contributed by atoms with E-state index in [1.165, 1.54) is 0 Å². The highest BCUT2D eigenvalue weighted by Gasteiger charge is 2.40. The van der Waals surface area contributed by atoms with Crippen LogP contribution < -0.4 is 5.73 Å². The minimum absolute atomic E-state index is 0.132. The molecule has 0 aliphatic rings. The monoisotopic (exact) mass is 296 g/mol. The van der Waals surface area contributed by atoms with E-state index in [-0.39, 0.29) is 5.78 Å². The summed E-state index contributed by atoms with van der Waals surface area (Å²) in [5.74, 6) is 0.132. The van der Waals surface area contributed by atoms with E-state index < -0.39 is 5.54 Å². The molecule has 2 N–H and O–H groups in total. The molecule has 0 aliphatic heterocycles. The second-order valence-electron chi connectivity index (χ2n) is 5.82. The first-order valence-electron chi connectivity index (χ1n) is 7.61. The number of hydrogen-bond acceptors (Lipinski definition) is 3. The van der Waals surface area contributed by atoms with E-state index in [1.54, 1.807) is 0 Å². The van der Waals surface area contributed by atoms with E-state index in [4.69, 9.17) is 5.73 Å². The van der Waals surface area contributed by atoms with Crippen molar-refractivity contribution in [1.29, 1.82) is 0 Å². The standard InChI is InChI=1S/C19H24N2O/c1-21(2)19(13-14-20,15-16-9-5-3-6-10-16)18(22)17-11-7-4-8-12-17/h3-12H,13-15,20H2,1-2H3. The van der Waals surface area contributed by atoms with Gasteiger partial charge >= 0.3 is 0 Å². The van der Waals surface area contributed by atoms with Gasteiger partial charge in [0.1, 0.15) is 0 Å². The van der Waals surface area contributed by atoms with Crippen LogP contribution in [0, 0.1) is 0 Å². The normalized spacial score (nSPS) is 13.8. The van der Waals surface area contributed by atoms with Gasteiger partial charge in [0.25, 0.3) is 0 Å². The quantitative estimate of drug-likeness (QED) is 0.799. The molecule has 1 unspecified atom stereocenters. The molecule has 0 saturated carbocycles. The number of Topliss-reactive ketones (excluding diaryl/α,β-unsaturated/α-hetero) is 1. The Hall–Kier alpha value is -1.97. The number of carbonyl (C=O) groups excluding carboxylic acids is 1. The molecule has 0 aliphatic carbocycles. The van der Waals surface area contributed by atoms with Crippen LogP contribution in [0.15, 0.2) is 60.7 Å². The zero-order valence-electron chi connectivity index (χ0n) is 13.3. The predicted molar refractivity (Wildman–Crippen MR) is 91.0 cm³/mol. The SMILES string of the molecule is CN(C)C(CCN)(Cc1ccccc1)C(=O)c1ccccc1. The lowest BCUT2D eigenvalue weighted by Gasteiger charge is -2.39. The Balaban J connectivity index is 2.42. The fourth-order valence-electron chi connectivity index (χ4n) is 2.90. The van der Waals surface area contributed by atoms with Gasteiger partial charge < -0.3 is 5.73 Å². The molecule has 3 heteroatoms. The average molecular weight is 296 g/mol. The number of carbonyl (C=O) groups is 1. The molecule has 1 atom stereocenters. The summed E-state index contributed by atoms with van der Waals surface area (Å²) in [7, 11) is 3.92. The van der Waals surface area contributed by atoms with Crippen molar-refractivity contribution in [2.24, 2.45) is 5.73 Å². The lowest BCUT2D eigenvalue weighted by Crippen LogP contribution is -2.54. The van der Waals surface area contributed by atoms with Gasteiger partial charge in [-0.05, 0) is 39.0 Å². The maximum Gasteiger partial charge on any atom is 0.183 e. The molecule has 0 aromatic heterocycles. The molecule has 116 valence electrons. The van der Waals surface area contributed by atoms with Crippen LogP contribution >= 0.6 is 0 Å². The Labute approximate surface area is 132 Å². The lowest BCUT2D eigenvalue weighted by molar-refractivity contribution is 0.0659. The number of ketones is 1. The molecule has 3 nitrogen and oxygen atoms in total. The highest BCUT2D eigenvalue weighted by molar-refractivity contribution is 6.03. The summed E-state index contributed by atoms with van der Waals surface area (Å²) in [6, 6.07) is 19.6. The molecule has 0 heterocycles. The van der Waals surface area contributed by atoms with E-state index in [0.29, 0.717) is 19.4 Å². The predicted octanol–water partition coefficient (Wildman–Crippen LogP) is 2.76. The first kappa shape index (κ1) is 16.4. The Morgan fingerprint density at radius 2 is 1.55 bits per heavy atom. The molecule has 0 bridgehead atoms. The first-order valence-corrected chi connectivity index (χ1v) is 7.61. The van der Waals surface area contributed by atoms with Gasteiger partial charge in [0, 0.05) is 5.56 Å². The van der Waals surface area contributed by atoms with E-state index >= 15 is 0 Å². The van der Waals surface area contributed by atoms with Gasteiger partial charge in [-0.15, -0.1) is 0 Å². The van der Waals surface area contributed by atoms with Gasteiger partial charge in [0.05, 0.1) is 5.54 Å². The maximum absolute atomic E-state index is 13.2. The molecule has 2 aromatic carbocycles. The van der Waals surface area contributed by atoms with Gasteiger partial charge in [0.15, 0.2) is 5.78 Å². The first-order chi connectivity index (χ1) is 10.6. The Morgan fingerprint density at radius 1 is 1.00 bits per heavy atom. The third-order valence-electron chi connectivity index (χ3n) is 4.21. The van der Waals surface area contributed by atoms with E-state index in [9.17, 15) is 4.79 Å². The highest BCUT2D eigenvalue weighted by Crippen LogP contribution is 2.27. The third-order valence-corrected chi connectivity index (χ3v) is 4.21. The van der Waals surface area contributed by atoms with Crippen molar-refractivity contribution in [3.05, 3.63) is 71.8 Å². The number of likely N-dealkylation sites (N-methyl/N-ethyl adjacent to an activating group) is 1. The van der Waals surface area contributed by atoms with Crippen molar-refractivity contribution in [2.75, 3.05) is 20.6 Å². The lowest BCUT2D eigenvalue weighted by atomic mass is 9.79. The van der Waals surface area contributed by atoms with Gasteiger partial charge in [-0.3, -0.25) is 9.69 Å². The smallest absolute Gasteiger partial charge is 0.183 e. The summed E-state index contributed by atoms with van der Waals surface area (Å²) in [5, 5.41) is 0. The molecular formula is C19H24N2O. The zero-order chi connectivity index (χ0) is 16.0. The Kier molecular flexibility index (Phi) is 5.47. The fraction of sp³-hybridized carbons (Fsp3) is 0.316. The summed E-state index contributed by atoms with van der Waals surface area (Å²) >= 11 is 0. The van der Waals surface area contributed by atoms with Crippen LogP contribution in [0.5, 0.6) is 0 Å². The molecular weight excluding hydrogens is 272 g/mol. The van der Waals surface area contributed by atoms with Crippen LogP contribution in [0.3, 0.4) is 0 Å². The fourth-order valence-corrected chi connectivity index (χ4v) is 2.90. The van der Waals surface area contributed by atoms with E-state index in [0.717, 1.165) is 11.1 Å². The van der Waals surface area contributed by atoms with Gasteiger partial charge in [0.2, 0.25) is 0 Å². The van der Waals surface area contributed by atoms with Crippen LogP contribution in [0.2, 0.25) is 0 Å². The molecule has 2 rings (SSSR count). The van der Waals surface area contributed by atoms with Crippen molar-refractivity contribution in [3.63, 3.8) is 0 Å². The van der Waals surface area contributed by atoms with Crippen molar-refractivity contribution in [2.45, 2.75) is 18.4 Å². The Morgan fingerprint density at radius 3 is 2.05 bits per heavy atom. The van der Waals surface area contributed by atoms with Crippen LogP contribution in [-0.2, 0) is 6.42 Å². The van der Waals surface area contributed by atoms with Gasteiger partial charge in [-0.2, -0.15) is 0 Å². The summed E-state index contributed by atoms with van der Waals surface area (Å²) in [6.45, 7) is 0.476. The second-order valence-corrected chi connectivity index (χ2v) is 5.82. The number of nitrogens with two attached hydrogens (primary N) is 1. The number of rotatable bonds is 7. The minimum atomic E-state index is -0.614. The van der Waals surface area contributed by atoms with E-state index in [2.05, 4.69) is 12.1 Å². The van der Waals surface area contributed by atoms with E-state index in [1.807, 2.05) is 67.5 Å². The summed E-state index contributed by atoms with van der Waals surface area (Å²) in [5.41, 5.74) is 7.11. The van der Waals surface area contributed by atoms with Crippen LogP contribution in [-0.4, -0.2) is 36.9 Å². The van der Waals surface area contributed by atoms with Crippen molar-refractivity contribution in [1.82, 2.24) is 4.90 Å². The topological polar surface area (TPSA) is 46.3 Å². The van der Waals surface area contributed by atoms with Crippen LogP contribution in [0.4, 0.5) is 0 Å². The molecule has 0 fully saturated rings. The molecule has 0 amide bonds. The molecule has 2 aromatic rings. The minimum Gasteiger partial charge on any atom is -0.330 e. The van der Waals surface area contributed by atoms with Crippen molar-refractivity contribution in [3.8, 4) is 0 Å². The number of benzene rings is 2. The average Bonchev–Trinajstić information content (AvgIpc) is 2.55. The molecule has 22 heavy (non-hydrogen) atoms. The molecule has 0 radical (unpaired) electrons.